The van der Waals surface area contributed by atoms with E-state index in [-0.39, 0.29) is 23.7 Å². The number of pyridine rings is 1. The third kappa shape index (κ3) is 3.63. The van der Waals surface area contributed by atoms with Crippen LogP contribution in [-0.4, -0.2) is 19.6 Å². The van der Waals surface area contributed by atoms with Gasteiger partial charge < -0.3 is 4.52 Å². The largest absolute Gasteiger partial charge is 0.337 e. The fraction of sp³-hybridized carbons (Fsp3) is 0.235. The molecule has 0 aliphatic rings. The van der Waals surface area contributed by atoms with Gasteiger partial charge >= 0.3 is 0 Å². The summed E-state index contributed by atoms with van der Waals surface area (Å²) >= 11 is 0. The summed E-state index contributed by atoms with van der Waals surface area (Å²) in [4.78, 5) is 26.3. The van der Waals surface area contributed by atoms with Gasteiger partial charge in [-0.2, -0.15) is 4.98 Å². The first-order valence-corrected chi connectivity index (χ1v) is 7.72. The van der Waals surface area contributed by atoms with Crippen LogP contribution in [-0.2, 0) is 6.54 Å². The second-order valence-electron chi connectivity index (χ2n) is 5.90. The number of nitrogens with zero attached hydrogens (tertiary/aromatic N) is 4. The van der Waals surface area contributed by atoms with Gasteiger partial charge in [-0.3, -0.25) is 19.5 Å². The molecule has 8 heteroatoms. The van der Waals surface area contributed by atoms with Crippen LogP contribution in [0.3, 0.4) is 0 Å². The van der Waals surface area contributed by atoms with Crippen LogP contribution < -0.4 is 5.56 Å². The van der Waals surface area contributed by atoms with E-state index in [1.54, 1.807) is 0 Å². The highest BCUT2D eigenvalue weighted by Crippen LogP contribution is 2.20. The number of benzene rings is 1. The first-order valence-electron chi connectivity index (χ1n) is 7.72. The van der Waals surface area contributed by atoms with E-state index in [9.17, 15) is 14.9 Å². The van der Waals surface area contributed by atoms with Crippen molar-refractivity contribution in [1.82, 2.24) is 14.7 Å². The quantitative estimate of drug-likeness (QED) is 0.522. The van der Waals surface area contributed by atoms with Crippen LogP contribution in [0.25, 0.3) is 11.4 Å². The molecule has 0 atom stereocenters. The van der Waals surface area contributed by atoms with E-state index < -0.39 is 4.92 Å². The average Bonchev–Trinajstić information content (AvgIpc) is 3.05. The number of hydrogen-bond acceptors (Lipinski definition) is 6. The number of nitro groups is 1. The molecule has 0 amide bonds. The molecule has 0 spiro atoms. The zero-order valence-electron chi connectivity index (χ0n) is 13.7. The molecule has 8 nitrogen and oxygen atoms in total. The highest BCUT2D eigenvalue weighted by Gasteiger charge is 2.13. The Hall–Kier alpha value is -3.29. The molecule has 0 bridgehead atoms. The predicted molar refractivity (Wildman–Crippen MR) is 90.3 cm³/mol. The number of hydrogen-bond donors (Lipinski definition) is 0. The third-order valence-electron chi connectivity index (χ3n) is 3.79. The molecule has 128 valence electrons. The summed E-state index contributed by atoms with van der Waals surface area (Å²) in [5.41, 5.74) is 1.44. The minimum Gasteiger partial charge on any atom is -0.337 e. The summed E-state index contributed by atoms with van der Waals surface area (Å²) < 4.78 is 6.33. The van der Waals surface area contributed by atoms with Gasteiger partial charge in [0.05, 0.1) is 11.1 Å². The smallest absolute Gasteiger partial charge is 0.285 e. The lowest BCUT2D eigenvalue weighted by Crippen LogP contribution is -2.19. The van der Waals surface area contributed by atoms with Gasteiger partial charge in [-0.05, 0) is 11.5 Å². The van der Waals surface area contributed by atoms with Crippen LogP contribution in [0.4, 0.5) is 5.69 Å². The molecule has 0 saturated carbocycles. The van der Waals surface area contributed by atoms with Gasteiger partial charge in [-0.15, -0.1) is 0 Å². The second kappa shape index (κ2) is 6.68. The minimum atomic E-state index is -0.564. The number of rotatable bonds is 5. The van der Waals surface area contributed by atoms with Gasteiger partial charge in [-0.1, -0.05) is 43.3 Å². The van der Waals surface area contributed by atoms with Crippen molar-refractivity contribution in [3.63, 3.8) is 0 Å². The summed E-state index contributed by atoms with van der Waals surface area (Å²) in [5.74, 6) is 1.03. The maximum atomic E-state index is 11.8. The Labute approximate surface area is 142 Å². The van der Waals surface area contributed by atoms with Crippen molar-refractivity contribution in [1.29, 1.82) is 0 Å². The maximum absolute atomic E-state index is 11.8. The molecule has 1 aromatic carbocycles. The fourth-order valence-corrected chi connectivity index (χ4v) is 2.35. The van der Waals surface area contributed by atoms with Gasteiger partial charge in [0, 0.05) is 17.7 Å². The molecule has 0 radical (unpaired) electrons. The second-order valence-corrected chi connectivity index (χ2v) is 5.90. The topological polar surface area (TPSA) is 104 Å². The monoisotopic (exact) mass is 340 g/mol. The van der Waals surface area contributed by atoms with Crippen molar-refractivity contribution in [3.8, 4) is 11.4 Å². The van der Waals surface area contributed by atoms with E-state index >= 15 is 0 Å². The van der Waals surface area contributed by atoms with Gasteiger partial charge in [0.1, 0.15) is 6.54 Å². The van der Waals surface area contributed by atoms with Gasteiger partial charge in [0.15, 0.2) is 0 Å². The molecule has 0 N–H and O–H groups in total. The summed E-state index contributed by atoms with van der Waals surface area (Å²) in [7, 11) is 0. The maximum Gasteiger partial charge on any atom is 0.285 e. The molecule has 0 unspecified atom stereocenters. The van der Waals surface area contributed by atoms with Gasteiger partial charge in [0.25, 0.3) is 11.2 Å². The molecule has 0 aliphatic heterocycles. The molecule has 2 heterocycles. The van der Waals surface area contributed by atoms with Crippen LogP contribution in [0.15, 0.2) is 51.9 Å². The molecule has 2 aromatic heterocycles. The van der Waals surface area contributed by atoms with E-state index in [2.05, 4.69) is 24.0 Å². The number of aromatic nitrogens is 3. The predicted octanol–water partition coefficient (Wildman–Crippen LogP) is 2.98. The highest BCUT2D eigenvalue weighted by atomic mass is 16.6. The lowest BCUT2D eigenvalue weighted by Gasteiger charge is -2.04. The highest BCUT2D eigenvalue weighted by molar-refractivity contribution is 5.54. The molecule has 0 aliphatic carbocycles. The molecule has 0 saturated heterocycles. The first-order chi connectivity index (χ1) is 11.9. The van der Waals surface area contributed by atoms with Crippen molar-refractivity contribution >= 4 is 5.69 Å². The lowest BCUT2D eigenvalue weighted by atomic mass is 10.0. The summed E-state index contributed by atoms with van der Waals surface area (Å²) in [6, 6.07) is 10.1. The normalized spacial score (nSPS) is 11.0. The first kappa shape index (κ1) is 16.6. The summed E-state index contributed by atoms with van der Waals surface area (Å²) in [6.45, 7) is 4.19. The summed E-state index contributed by atoms with van der Waals surface area (Å²) in [6.07, 6.45) is 1.16. The standard InChI is InChI=1S/C17H16N4O4/c1-11(2)12-3-5-13(6-4-12)17-18-15(25-19-17)10-20-9-14(21(23)24)7-8-16(20)22/h3-9,11H,10H2,1-2H3. The minimum absolute atomic E-state index is 0.0302. The molecule has 25 heavy (non-hydrogen) atoms. The SMILES string of the molecule is CC(C)c1ccc(-c2noc(Cn3cc([N+](=O)[O-])ccc3=O)n2)cc1. The molecular formula is C17H16N4O4. The lowest BCUT2D eigenvalue weighted by molar-refractivity contribution is -0.385. The van der Waals surface area contributed by atoms with E-state index in [4.69, 9.17) is 4.52 Å². The van der Waals surface area contributed by atoms with E-state index in [0.29, 0.717) is 11.7 Å². The van der Waals surface area contributed by atoms with Gasteiger partial charge in [0.2, 0.25) is 11.7 Å². The van der Waals surface area contributed by atoms with Crippen molar-refractivity contribution in [2.75, 3.05) is 0 Å². The van der Waals surface area contributed by atoms with Crippen molar-refractivity contribution in [2.45, 2.75) is 26.3 Å². The van der Waals surface area contributed by atoms with Crippen LogP contribution in [0.5, 0.6) is 0 Å². The van der Waals surface area contributed by atoms with E-state index in [0.717, 1.165) is 28.5 Å². The fourth-order valence-electron chi connectivity index (χ4n) is 2.35. The Bertz CT molecular complexity index is 957. The Balaban J connectivity index is 1.83. The Kier molecular flexibility index (Phi) is 4.42. The average molecular weight is 340 g/mol. The zero-order chi connectivity index (χ0) is 18.0. The van der Waals surface area contributed by atoms with Crippen molar-refractivity contribution < 1.29 is 9.45 Å². The molecule has 0 fully saturated rings. The molecule has 3 aromatic rings. The molecule has 3 rings (SSSR count). The van der Waals surface area contributed by atoms with E-state index in [1.807, 2.05) is 24.3 Å². The van der Waals surface area contributed by atoms with Crippen molar-refractivity contribution in [3.05, 3.63) is 74.5 Å². The van der Waals surface area contributed by atoms with Crippen molar-refractivity contribution in [2.24, 2.45) is 0 Å². The molecular weight excluding hydrogens is 324 g/mol. The Morgan fingerprint density at radius 3 is 2.56 bits per heavy atom. The Morgan fingerprint density at radius 2 is 1.92 bits per heavy atom. The Morgan fingerprint density at radius 1 is 1.20 bits per heavy atom. The van der Waals surface area contributed by atoms with Gasteiger partial charge in [-0.25, -0.2) is 0 Å². The summed E-state index contributed by atoms with van der Waals surface area (Å²) in [5, 5.41) is 14.7. The van der Waals surface area contributed by atoms with Crippen LogP contribution in [0.1, 0.15) is 31.2 Å². The third-order valence-corrected chi connectivity index (χ3v) is 3.79. The van der Waals surface area contributed by atoms with Crippen LogP contribution in [0.2, 0.25) is 0 Å². The van der Waals surface area contributed by atoms with Crippen LogP contribution >= 0.6 is 0 Å². The van der Waals surface area contributed by atoms with Crippen LogP contribution in [0, 0.1) is 10.1 Å². The van der Waals surface area contributed by atoms with E-state index in [1.165, 1.54) is 5.56 Å². The zero-order valence-corrected chi connectivity index (χ0v) is 13.7.